The molecule has 3 rings (SSSR count). The first-order chi connectivity index (χ1) is 12.4. The summed E-state index contributed by atoms with van der Waals surface area (Å²) < 4.78 is 6.54. The number of pyridine rings is 1. The van der Waals surface area contributed by atoms with Crippen molar-refractivity contribution in [3.05, 3.63) is 68.7 Å². The monoisotopic (exact) mass is 476 g/mol. The molecule has 0 saturated heterocycles. The fraction of sp³-hybridized carbons (Fsp3) is 0.105. The number of benzene rings is 2. The molecule has 0 aliphatic heterocycles. The predicted octanol–water partition coefficient (Wildman–Crippen LogP) is 4.86. The summed E-state index contributed by atoms with van der Waals surface area (Å²) in [5, 5.41) is 3.64. The zero-order valence-corrected chi connectivity index (χ0v) is 16.9. The van der Waals surface area contributed by atoms with E-state index < -0.39 is 18.5 Å². The first-order valence-corrected chi connectivity index (χ1v) is 9.31. The molecule has 3 aromatic rings. The molecule has 0 bridgehead atoms. The number of ether oxygens (including phenoxy) is 1. The fourth-order valence-electron chi connectivity index (χ4n) is 2.38. The van der Waals surface area contributed by atoms with Crippen LogP contribution in [-0.4, -0.2) is 23.5 Å². The number of anilines is 1. The van der Waals surface area contributed by atoms with Crippen LogP contribution in [-0.2, 0) is 9.53 Å². The number of rotatable bonds is 4. The van der Waals surface area contributed by atoms with Gasteiger partial charge in [-0.2, -0.15) is 0 Å². The van der Waals surface area contributed by atoms with Gasteiger partial charge in [0.05, 0.1) is 11.2 Å². The standard InChI is InChI=1S/C19H14Br2N2O3/c1-11-8-13(20)18(14(21)9-11)23-17(24)10-26-19(25)16-7-6-12-4-2-3-5-15(12)22-16/h2-9H,10H2,1H3,(H,23,24). The number of carbonyl (C=O) groups is 2. The molecule has 26 heavy (non-hydrogen) atoms. The third-order valence-corrected chi connectivity index (χ3v) is 4.84. The lowest BCUT2D eigenvalue weighted by Crippen LogP contribution is -2.21. The highest BCUT2D eigenvalue weighted by molar-refractivity contribution is 9.11. The second-order valence-corrected chi connectivity index (χ2v) is 7.33. The Morgan fingerprint density at radius 1 is 1.08 bits per heavy atom. The minimum Gasteiger partial charge on any atom is -0.451 e. The second-order valence-electron chi connectivity index (χ2n) is 5.62. The van der Waals surface area contributed by atoms with Gasteiger partial charge < -0.3 is 10.1 Å². The predicted molar refractivity (Wildman–Crippen MR) is 107 cm³/mol. The van der Waals surface area contributed by atoms with Crippen molar-refractivity contribution >= 4 is 60.3 Å². The molecule has 2 aromatic carbocycles. The van der Waals surface area contributed by atoms with Gasteiger partial charge in [0.15, 0.2) is 6.61 Å². The van der Waals surface area contributed by atoms with Crippen molar-refractivity contribution in [2.75, 3.05) is 11.9 Å². The van der Waals surface area contributed by atoms with E-state index in [2.05, 4.69) is 42.2 Å². The van der Waals surface area contributed by atoms with Crippen LogP contribution in [0, 0.1) is 6.92 Å². The average Bonchev–Trinajstić information content (AvgIpc) is 2.62. The molecule has 0 aliphatic carbocycles. The maximum Gasteiger partial charge on any atom is 0.357 e. The Balaban J connectivity index is 1.64. The van der Waals surface area contributed by atoms with Crippen LogP contribution < -0.4 is 5.32 Å². The van der Waals surface area contributed by atoms with Gasteiger partial charge in [-0.15, -0.1) is 0 Å². The zero-order chi connectivity index (χ0) is 18.7. The summed E-state index contributed by atoms with van der Waals surface area (Å²) in [5.41, 5.74) is 2.48. The van der Waals surface area contributed by atoms with Crippen LogP contribution in [0.2, 0.25) is 0 Å². The third-order valence-electron chi connectivity index (χ3n) is 3.59. The normalized spacial score (nSPS) is 10.6. The molecule has 1 heterocycles. The molecule has 0 aliphatic rings. The van der Waals surface area contributed by atoms with Crippen molar-refractivity contribution in [2.45, 2.75) is 6.92 Å². The van der Waals surface area contributed by atoms with E-state index in [9.17, 15) is 9.59 Å². The smallest absolute Gasteiger partial charge is 0.357 e. The highest BCUT2D eigenvalue weighted by atomic mass is 79.9. The quantitative estimate of drug-likeness (QED) is 0.544. The van der Waals surface area contributed by atoms with Gasteiger partial charge in [0.2, 0.25) is 0 Å². The molecule has 5 nitrogen and oxygen atoms in total. The topological polar surface area (TPSA) is 68.3 Å². The minimum atomic E-state index is -0.645. The highest BCUT2D eigenvalue weighted by Gasteiger charge is 2.14. The van der Waals surface area contributed by atoms with E-state index >= 15 is 0 Å². The molecule has 1 aromatic heterocycles. The number of esters is 1. The van der Waals surface area contributed by atoms with E-state index in [1.807, 2.05) is 43.3 Å². The highest BCUT2D eigenvalue weighted by Crippen LogP contribution is 2.32. The average molecular weight is 478 g/mol. The summed E-state index contributed by atoms with van der Waals surface area (Å²) in [5.74, 6) is -1.09. The molecule has 0 unspecified atom stereocenters. The Morgan fingerprint density at radius 3 is 2.50 bits per heavy atom. The lowest BCUT2D eigenvalue weighted by molar-refractivity contribution is -0.119. The van der Waals surface area contributed by atoms with Crippen LogP contribution >= 0.6 is 31.9 Å². The van der Waals surface area contributed by atoms with Gasteiger partial charge in [-0.3, -0.25) is 4.79 Å². The van der Waals surface area contributed by atoms with Gasteiger partial charge >= 0.3 is 5.97 Å². The minimum absolute atomic E-state index is 0.161. The van der Waals surface area contributed by atoms with E-state index in [4.69, 9.17) is 4.74 Å². The number of nitrogens with zero attached hydrogens (tertiary/aromatic N) is 1. The Morgan fingerprint density at radius 2 is 1.77 bits per heavy atom. The molecule has 132 valence electrons. The lowest BCUT2D eigenvalue weighted by atomic mass is 10.2. The first kappa shape index (κ1) is 18.5. The number of nitrogens with one attached hydrogen (secondary N) is 1. The lowest BCUT2D eigenvalue weighted by Gasteiger charge is -2.11. The number of hydrogen-bond acceptors (Lipinski definition) is 4. The summed E-state index contributed by atoms with van der Waals surface area (Å²) in [7, 11) is 0. The van der Waals surface area contributed by atoms with Crippen molar-refractivity contribution in [2.24, 2.45) is 0 Å². The number of hydrogen-bond donors (Lipinski definition) is 1. The molecule has 1 amide bonds. The Kier molecular flexibility index (Phi) is 5.68. The van der Waals surface area contributed by atoms with Gasteiger partial charge in [-0.25, -0.2) is 9.78 Å². The van der Waals surface area contributed by atoms with Crippen molar-refractivity contribution in [1.82, 2.24) is 4.98 Å². The van der Waals surface area contributed by atoms with Crippen molar-refractivity contribution in [3.63, 3.8) is 0 Å². The summed E-state index contributed by atoms with van der Waals surface area (Å²) in [6, 6.07) is 14.6. The molecule has 0 fully saturated rings. The van der Waals surface area contributed by atoms with Crippen LogP contribution in [0.3, 0.4) is 0 Å². The maximum absolute atomic E-state index is 12.1. The summed E-state index contributed by atoms with van der Waals surface area (Å²) in [4.78, 5) is 28.5. The fourth-order valence-corrected chi connectivity index (χ4v) is 3.99. The number of aromatic nitrogens is 1. The van der Waals surface area contributed by atoms with Crippen LogP contribution in [0.25, 0.3) is 10.9 Å². The zero-order valence-electron chi connectivity index (χ0n) is 13.8. The van der Waals surface area contributed by atoms with Crippen LogP contribution in [0.1, 0.15) is 16.1 Å². The number of carbonyl (C=O) groups excluding carboxylic acids is 2. The van der Waals surface area contributed by atoms with Gasteiger partial charge in [0.1, 0.15) is 5.69 Å². The summed E-state index contributed by atoms with van der Waals surface area (Å²) in [6.45, 7) is 1.54. The van der Waals surface area contributed by atoms with Crippen LogP contribution in [0.5, 0.6) is 0 Å². The van der Waals surface area contributed by atoms with E-state index in [-0.39, 0.29) is 5.69 Å². The van der Waals surface area contributed by atoms with Crippen molar-refractivity contribution in [3.8, 4) is 0 Å². The van der Waals surface area contributed by atoms with E-state index in [0.29, 0.717) is 11.2 Å². The summed E-state index contributed by atoms with van der Waals surface area (Å²) in [6.07, 6.45) is 0. The Labute approximate surface area is 167 Å². The van der Waals surface area contributed by atoms with Gasteiger partial charge in [0, 0.05) is 14.3 Å². The number of halogens is 2. The molecule has 0 radical (unpaired) electrons. The molecule has 0 atom stereocenters. The number of fused-ring (bicyclic) bond motifs is 1. The Hall–Kier alpha value is -2.25. The molecule has 1 N–H and O–H groups in total. The molecular formula is C19H14Br2N2O3. The Bertz CT molecular complexity index is 982. The first-order valence-electron chi connectivity index (χ1n) is 7.72. The number of aryl methyl sites for hydroxylation is 1. The molecular weight excluding hydrogens is 464 g/mol. The molecule has 0 spiro atoms. The van der Waals surface area contributed by atoms with Crippen molar-refractivity contribution < 1.29 is 14.3 Å². The second kappa shape index (κ2) is 7.97. The van der Waals surface area contributed by atoms with E-state index in [1.165, 1.54) is 0 Å². The van der Waals surface area contributed by atoms with Gasteiger partial charge in [-0.05, 0) is 68.6 Å². The molecule has 7 heteroatoms. The van der Waals surface area contributed by atoms with Crippen molar-refractivity contribution in [1.29, 1.82) is 0 Å². The van der Waals surface area contributed by atoms with Crippen LogP contribution in [0.15, 0.2) is 57.5 Å². The van der Waals surface area contributed by atoms with Gasteiger partial charge in [-0.1, -0.05) is 24.3 Å². The number of para-hydroxylation sites is 1. The molecule has 0 saturated carbocycles. The largest absolute Gasteiger partial charge is 0.451 e. The van der Waals surface area contributed by atoms with Gasteiger partial charge in [0.25, 0.3) is 5.91 Å². The maximum atomic E-state index is 12.1. The summed E-state index contributed by atoms with van der Waals surface area (Å²) >= 11 is 6.81. The SMILES string of the molecule is Cc1cc(Br)c(NC(=O)COC(=O)c2ccc3ccccc3n2)c(Br)c1. The van der Waals surface area contributed by atoms with E-state index in [0.717, 1.165) is 19.9 Å². The third kappa shape index (κ3) is 4.28. The van der Waals surface area contributed by atoms with E-state index in [1.54, 1.807) is 12.1 Å². The number of amides is 1. The van der Waals surface area contributed by atoms with Crippen LogP contribution in [0.4, 0.5) is 5.69 Å².